The van der Waals surface area contributed by atoms with E-state index in [0.717, 1.165) is 0 Å². The third kappa shape index (κ3) is 5.39. The van der Waals surface area contributed by atoms with E-state index in [1.807, 2.05) is 0 Å². The number of rotatable bonds is 6. The molecule has 0 saturated heterocycles. The Hall–Kier alpha value is -2.22. The van der Waals surface area contributed by atoms with Crippen LogP contribution in [-0.2, 0) is 0 Å². The highest BCUT2D eigenvalue weighted by molar-refractivity contribution is 6.68. The van der Waals surface area contributed by atoms with Crippen LogP contribution in [0.4, 0.5) is 5.69 Å². The van der Waals surface area contributed by atoms with Gasteiger partial charge in [0.15, 0.2) is 0 Å². The highest BCUT2D eigenvalue weighted by atomic mass is 35.6. The maximum absolute atomic E-state index is 12.3. The molecule has 10 heteroatoms. The van der Waals surface area contributed by atoms with E-state index in [9.17, 15) is 14.9 Å². The van der Waals surface area contributed by atoms with Gasteiger partial charge in [0.1, 0.15) is 11.5 Å². The lowest BCUT2D eigenvalue weighted by molar-refractivity contribution is -0.384. The van der Waals surface area contributed by atoms with Gasteiger partial charge in [0.2, 0.25) is 10.0 Å². The van der Waals surface area contributed by atoms with Crippen LogP contribution in [0, 0.1) is 10.1 Å². The number of benzene rings is 2. The monoisotopic (exact) mass is 418 g/mol. The Labute approximate surface area is 163 Å². The summed E-state index contributed by atoms with van der Waals surface area (Å²) in [5.74, 6) is 0.231. The molecule has 0 aliphatic carbocycles. The molecule has 0 spiro atoms. The Morgan fingerprint density at radius 3 is 2.08 bits per heavy atom. The largest absolute Gasteiger partial charge is 0.497 e. The number of nitro groups is 1. The van der Waals surface area contributed by atoms with Gasteiger partial charge in [0.25, 0.3) is 11.6 Å². The van der Waals surface area contributed by atoms with Crippen molar-refractivity contribution in [1.29, 1.82) is 0 Å². The first-order valence-electron chi connectivity index (χ1n) is 7.13. The Morgan fingerprint density at radius 2 is 1.62 bits per heavy atom. The van der Waals surface area contributed by atoms with Crippen molar-refractivity contribution < 1.29 is 19.2 Å². The number of methoxy groups -OCH3 is 1. The van der Waals surface area contributed by atoms with Crippen molar-refractivity contribution >= 4 is 46.4 Å². The standard InChI is InChI=1S/C16H13Cl3N2O5/c1-25-12-6-2-10(3-7-12)14(22)20-15(16(17,18)19)26-13-8-4-11(5-9-13)21(23)24/h2-9,15H,1H3,(H,20,22)/t15-/m1/s1. The van der Waals surface area contributed by atoms with Crippen LogP contribution < -0.4 is 14.8 Å². The fraction of sp³-hybridized carbons (Fsp3) is 0.188. The summed E-state index contributed by atoms with van der Waals surface area (Å²) in [5, 5.41) is 13.1. The molecule has 0 fully saturated rings. The average molecular weight is 420 g/mol. The van der Waals surface area contributed by atoms with E-state index in [-0.39, 0.29) is 11.4 Å². The quantitative estimate of drug-likeness (QED) is 0.329. The van der Waals surface area contributed by atoms with Crippen LogP contribution in [0.15, 0.2) is 48.5 Å². The number of non-ortho nitro benzene ring substituents is 1. The molecule has 26 heavy (non-hydrogen) atoms. The minimum atomic E-state index is -1.98. The summed E-state index contributed by atoms with van der Waals surface area (Å²) in [6.07, 6.45) is -1.33. The molecule has 0 unspecified atom stereocenters. The predicted octanol–water partition coefficient (Wildman–Crippen LogP) is 4.11. The van der Waals surface area contributed by atoms with Gasteiger partial charge >= 0.3 is 0 Å². The predicted molar refractivity (Wildman–Crippen MR) is 98.3 cm³/mol. The van der Waals surface area contributed by atoms with Crippen LogP contribution in [-0.4, -0.2) is 28.0 Å². The van der Waals surface area contributed by atoms with E-state index >= 15 is 0 Å². The normalized spacial score (nSPS) is 12.2. The molecule has 7 nitrogen and oxygen atoms in total. The molecule has 0 heterocycles. The van der Waals surface area contributed by atoms with Gasteiger partial charge in [0.05, 0.1) is 12.0 Å². The zero-order chi connectivity index (χ0) is 19.3. The summed E-state index contributed by atoms with van der Waals surface area (Å²) in [7, 11) is 1.51. The van der Waals surface area contributed by atoms with Gasteiger partial charge in [0, 0.05) is 17.7 Å². The fourth-order valence-electron chi connectivity index (χ4n) is 1.91. The number of nitro benzene ring substituents is 1. The van der Waals surface area contributed by atoms with Crippen LogP contribution >= 0.6 is 34.8 Å². The zero-order valence-electron chi connectivity index (χ0n) is 13.3. The Bertz CT molecular complexity index is 776. The average Bonchev–Trinajstić information content (AvgIpc) is 2.60. The molecular formula is C16H13Cl3N2O5. The Balaban J connectivity index is 2.13. The third-order valence-electron chi connectivity index (χ3n) is 3.21. The number of halogens is 3. The van der Waals surface area contributed by atoms with E-state index in [1.54, 1.807) is 12.1 Å². The second-order valence-electron chi connectivity index (χ2n) is 4.99. The fourth-order valence-corrected chi connectivity index (χ4v) is 2.20. The van der Waals surface area contributed by atoms with Gasteiger partial charge in [-0.2, -0.15) is 0 Å². The van der Waals surface area contributed by atoms with Gasteiger partial charge in [-0.1, -0.05) is 34.8 Å². The van der Waals surface area contributed by atoms with Crippen molar-refractivity contribution in [2.75, 3.05) is 7.11 Å². The number of nitrogens with one attached hydrogen (secondary N) is 1. The van der Waals surface area contributed by atoms with E-state index in [1.165, 1.54) is 43.5 Å². The molecule has 0 aliphatic rings. The SMILES string of the molecule is COc1ccc(C(=O)N[C@H](Oc2ccc([N+](=O)[O-])cc2)C(Cl)(Cl)Cl)cc1. The molecule has 0 radical (unpaired) electrons. The van der Waals surface area contributed by atoms with Crippen molar-refractivity contribution in [1.82, 2.24) is 5.32 Å². The van der Waals surface area contributed by atoms with Gasteiger partial charge in [-0.3, -0.25) is 14.9 Å². The second-order valence-corrected chi connectivity index (χ2v) is 7.36. The first-order chi connectivity index (χ1) is 12.2. The van der Waals surface area contributed by atoms with Crippen LogP contribution in [0.1, 0.15) is 10.4 Å². The van der Waals surface area contributed by atoms with Crippen molar-refractivity contribution in [3.8, 4) is 11.5 Å². The van der Waals surface area contributed by atoms with E-state index in [2.05, 4.69) is 5.32 Å². The lowest BCUT2D eigenvalue weighted by atomic mass is 10.2. The molecule has 2 rings (SSSR count). The number of alkyl halides is 3. The highest BCUT2D eigenvalue weighted by Gasteiger charge is 2.36. The van der Waals surface area contributed by atoms with E-state index < -0.39 is 20.9 Å². The zero-order valence-corrected chi connectivity index (χ0v) is 15.6. The molecule has 0 aliphatic heterocycles. The molecule has 2 aromatic carbocycles. The summed E-state index contributed by atoms with van der Waals surface area (Å²) in [6, 6.07) is 11.4. The number of nitrogens with zero attached hydrogens (tertiary/aromatic N) is 1. The summed E-state index contributed by atoms with van der Waals surface area (Å²) in [4.78, 5) is 22.5. The van der Waals surface area contributed by atoms with Crippen molar-refractivity contribution in [2.24, 2.45) is 0 Å². The van der Waals surface area contributed by atoms with Crippen molar-refractivity contribution in [3.63, 3.8) is 0 Å². The van der Waals surface area contributed by atoms with Gasteiger partial charge in [-0.15, -0.1) is 0 Å². The molecular weight excluding hydrogens is 407 g/mol. The number of hydrogen-bond donors (Lipinski definition) is 1. The topological polar surface area (TPSA) is 90.7 Å². The molecule has 0 bridgehead atoms. The molecule has 2 aromatic rings. The molecule has 1 atom stereocenters. The number of amides is 1. The molecule has 0 aromatic heterocycles. The van der Waals surface area contributed by atoms with Crippen LogP contribution in [0.2, 0.25) is 0 Å². The number of carbonyl (C=O) groups is 1. The summed E-state index contributed by atoms with van der Waals surface area (Å²) in [6.45, 7) is 0. The van der Waals surface area contributed by atoms with Gasteiger partial charge in [-0.05, 0) is 36.4 Å². The number of hydrogen-bond acceptors (Lipinski definition) is 5. The van der Waals surface area contributed by atoms with Crippen LogP contribution in [0.3, 0.4) is 0 Å². The van der Waals surface area contributed by atoms with E-state index in [4.69, 9.17) is 44.3 Å². The highest BCUT2D eigenvalue weighted by Crippen LogP contribution is 2.32. The first-order valence-corrected chi connectivity index (χ1v) is 8.27. The van der Waals surface area contributed by atoms with Crippen LogP contribution in [0.25, 0.3) is 0 Å². The van der Waals surface area contributed by atoms with Crippen LogP contribution in [0.5, 0.6) is 11.5 Å². The van der Waals surface area contributed by atoms with Gasteiger partial charge in [-0.25, -0.2) is 0 Å². The molecule has 138 valence electrons. The van der Waals surface area contributed by atoms with Crippen molar-refractivity contribution in [2.45, 2.75) is 10.0 Å². The smallest absolute Gasteiger partial charge is 0.269 e. The van der Waals surface area contributed by atoms with Gasteiger partial charge < -0.3 is 14.8 Å². The summed E-state index contributed by atoms with van der Waals surface area (Å²) in [5.41, 5.74) is 0.183. The first kappa shape index (κ1) is 20.1. The third-order valence-corrected chi connectivity index (χ3v) is 3.81. The lowest BCUT2D eigenvalue weighted by Gasteiger charge is -2.26. The van der Waals surface area contributed by atoms with E-state index in [0.29, 0.717) is 11.3 Å². The molecule has 1 amide bonds. The summed E-state index contributed by atoms with van der Waals surface area (Å²) >= 11 is 17.6. The summed E-state index contributed by atoms with van der Waals surface area (Å²) < 4.78 is 8.52. The molecule has 0 saturated carbocycles. The number of ether oxygens (including phenoxy) is 2. The Morgan fingerprint density at radius 1 is 1.08 bits per heavy atom. The minimum Gasteiger partial charge on any atom is -0.497 e. The lowest BCUT2D eigenvalue weighted by Crippen LogP contribution is -2.47. The maximum Gasteiger partial charge on any atom is 0.269 e. The maximum atomic E-state index is 12.3. The van der Waals surface area contributed by atoms with Crippen molar-refractivity contribution in [3.05, 3.63) is 64.2 Å². The minimum absolute atomic E-state index is 0.120. The Kier molecular flexibility index (Phi) is 6.52. The second kappa shape index (κ2) is 8.44. The molecule has 1 N–H and O–H groups in total. The number of carbonyl (C=O) groups excluding carboxylic acids is 1.